The molecule has 0 amide bonds. The van der Waals surface area contributed by atoms with Crippen molar-refractivity contribution < 1.29 is 9.47 Å². The second kappa shape index (κ2) is 10.5. The van der Waals surface area contributed by atoms with E-state index in [1.165, 1.54) is 12.0 Å². The Labute approximate surface area is 188 Å². The Morgan fingerprint density at radius 3 is 2.10 bits per heavy atom. The Kier molecular flexibility index (Phi) is 7.79. The monoisotopic (exact) mass is 416 g/mol. The third-order valence-electron chi connectivity index (χ3n) is 5.49. The maximum atomic E-state index is 6.23. The van der Waals surface area contributed by atoms with E-state index in [0.717, 1.165) is 29.0 Å². The van der Waals surface area contributed by atoms with Crippen LogP contribution in [-0.4, -0.2) is 12.7 Å². The zero-order valence-corrected chi connectivity index (χ0v) is 19.6. The fourth-order valence-corrected chi connectivity index (χ4v) is 3.96. The van der Waals surface area contributed by atoms with Crippen molar-refractivity contribution in [3.05, 3.63) is 84.4 Å². The normalized spacial score (nSPS) is 13.5. The van der Waals surface area contributed by atoms with Crippen LogP contribution in [-0.2, 0) is 0 Å². The quantitative estimate of drug-likeness (QED) is 0.350. The van der Waals surface area contributed by atoms with Crippen LogP contribution in [0.4, 0.5) is 0 Å². The van der Waals surface area contributed by atoms with Crippen LogP contribution in [0.3, 0.4) is 0 Å². The molecule has 2 nitrogen and oxygen atoms in total. The maximum Gasteiger partial charge on any atom is 0.130 e. The van der Waals surface area contributed by atoms with E-state index < -0.39 is 0 Å². The summed E-state index contributed by atoms with van der Waals surface area (Å²) in [5.74, 6) is 2.36. The first-order valence-corrected chi connectivity index (χ1v) is 11.4. The molecule has 0 fully saturated rings. The molecule has 0 heterocycles. The number of benzene rings is 3. The molecule has 0 bridgehead atoms. The van der Waals surface area contributed by atoms with Gasteiger partial charge in [0.15, 0.2) is 0 Å². The number of ether oxygens (including phenoxy) is 2. The van der Waals surface area contributed by atoms with Crippen LogP contribution in [0.15, 0.2) is 78.9 Å². The van der Waals surface area contributed by atoms with Crippen molar-refractivity contribution in [3.63, 3.8) is 0 Å². The number of hydrogen-bond acceptors (Lipinski definition) is 2. The molecule has 3 rings (SSSR count). The summed E-state index contributed by atoms with van der Waals surface area (Å²) in [5, 5.41) is 0. The maximum absolute atomic E-state index is 6.23. The van der Waals surface area contributed by atoms with Gasteiger partial charge in [0, 0.05) is 5.56 Å². The molecule has 0 N–H and O–H groups in total. The number of hydrogen-bond donors (Lipinski definition) is 0. The van der Waals surface area contributed by atoms with Gasteiger partial charge in [0.25, 0.3) is 0 Å². The lowest BCUT2D eigenvalue weighted by molar-refractivity contribution is 0.143. The van der Waals surface area contributed by atoms with E-state index >= 15 is 0 Å². The molecule has 164 valence electrons. The van der Waals surface area contributed by atoms with Gasteiger partial charge in [-0.3, -0.25) is 0 Å². The summed E-state index contributed by atoms with van der Waals surface area (Å²) in [5.41, 5.74) is 3.98. The second-order valence-electron chi connectivity index (χ2n) is 9.54. The van der Waals surface area contributed by atoms with Gasteiger partial charge in [-0.1, -0.05) is 88.4 Å². The molecule has 0 saturated heterocycles. The summed E-state index contributed by atoms with van der Waals surface area (Å²) in [6.45, 7) is 11.8. The van der Waals surface area contributed by atoms with E-state index in [1.807, 2.05) is 43.3 Å². The minimum absolute atomic E-state index is 0.0613. The molecule has 0 aliphatic rings. The van der Waals surface area contributed by atoms with Gasteiger partial charge < -0.3 is 9.47 Å². The molecule has 2 atom stereocenters. The molecular weight excluding hydrogens is 380 g/mol. The molecule has 0 aromatic heterocycles. The van der Waals surface area contributed by atoms with Crippen LogP contribution in [0.1, 0.15) is 58.9 Å². The minimum atomic E-state index is -0.0613. The van der Waals surface area contributed by atoms with E-state index in [1.54, 1.807) is 0 Å². The van der Waals surface area contributed by atoms with Gasteiger partial charge in [0.1, 0.15) is 24.2 Å². The Morgan fingerprint density at radius 1 is 0.806 bits per heavy atom. The summed E-state index contributed by atoms with van der Waals surface area (Å²) in [7, 11) is 0. The Balaban J connectivity index is 1.59. The van der Waals surface area contributed by atoms with Crippen molar-refractivity contribution in [2.24, 2.45) is 5.41 Å². The highest BCUT2D eigenvalue weighted by atomic mass is 16.5. The smallest absolute Gasteiger partial charge is 0.130 e. The molecule has 2 unspecified atom stereocenters. The van der Waals surface area contributed by atoms with E-state index in [-0.39, 0.29) is 6.10 Å². The van der Waals surface area contributed by atoms with Gasteiger partial charge in [-0.2, -0.15) is 0 Å². The highest BCUT2D eigenvalue weighted by Crippen LogP contribution is 2.34. The molecule has 2 heteroatoms. The van der Waals surface area contributed by atoms with Crippen molar-refractivity contribution in [1.29, 1.82) is 0 Å². The standard InChI is InChI=1S/C29H36O2/c1-6-23(20-29(3,4)5)24-16-18-26(19-17-24)30-21-22(2)31-28-15-11-10-14-27(28)25-12-8-7-9-13-25/h7-19,22-23H,6,20-21H2,1-5H3. The first-order chi connectivity index (χ1) is 14.9. The average molecular weight is 417 g/mol. The van der Waals surface area contributed by atoms with Crippen LogP contribution >= 0.6 is 0 Å². The van der Waals surface area contributed by atoms with Crippen LogP contribution in [0, 0.1) is 5.41 Å². The van der Waals surface area contributed by atoms with Crippen molar-refractivity contribution in [3.8, 4) is 22.6 Å². The Morgan fingerprint density at radius 2 is 1.45 bits per heavy atom. The molecule has 0 spiro atoms. The highest BCUT2D eigenvalue weighted by Gasteiger charge is 2.19. The first kappa shape index (κ1) is 22.9. The van der Waals surface area contributed by atoms with E-state index in [2.05, 4.69) is 70.2 Å². The summed E-state index contributed by atoms with van der Waals surface area (Å²) in [6, 6.07) is 27.1. The molecule has 3 aromatic rings. The van der Waals surface area contributed by atoms with Gasteiger partial charge in [0.05, 0.1) is 0 Å². The predicted octanol–water partition coefficient (Wildman–Crippen LogP) is 8.13. The van der Waals surface area contributed by atoms with Crippen molar-refractivity contribution in [2.45, 2.75) is 59.5 Å². The van der Waals surface area contributed by atoms with E-state index in [9.17, 15) is 0 Å². The van der Waals surface area contributed by atoms with Crippen LogP contribution in [0.5, 0.6) is 11.5 Å². The summed E-state index contributed by atoms with van der Waals surface area (Å²) >= 11 is 0. The molecule has 0 saturated carbocycles. The average Bonchev–Trinajstić information content (AvgIpc) is 2.77. The Bertz CT molecular complexity index is 923. The van der Waals surface area contributed by atoms with Crippen molar-refractivity contribution in [1.82, 2.24) is 0 Å². The highest BCUT2D eigenvalue weighted by molar-refractivity contribution is 5.70. The topological polar surface area (TPSA) is 18.5 Å². The predicted molar refractivity (Wildman–Crippen MR) is 131 cm³/mol. The zero-order chi connectivity index (χ0) is 22.3. The van der Waals surface area contributed by atoms with E-state index in [0.29, 0.717) is 17.9 Å². The molecule has 0 aliphatic carbocycles. The molecule has 3 aromatic carbocycles. The lowest BCUT2D eigenvalue weighted by atomic mass is 9.80. The number of para-hydroxylation sites is 1. The fourth-order valence-electron chi connectivity index (χ4n) is 3.96. The lowest BCUT2D eigenvalue weighted by Crippen LogP contribution is -2.21. The molecule has 0 radical (unpaired) electrons. The van der Waals surface area contributed by atoms with Gasteiger partial charge >= 0.3 is 0 Å². The van der Waals surface area contributed by atoms with Gasteiger partial charge in [-0.15, -0.1) is 0 Å². The second-order valence-corrected chi connectivity index (χ2v) is 9.54. The van der Waals surface area contributed by atoms with Crippen molar-refractivity contribution >= 4 is 0 Å². The zero-order valence-electron chi connectivity index (χ0n) is 19.6. The third kappa shape index (κ3) is 6.89. The van der Waals surface area contributed by atoms with Gasteiger partial charge in [-0.25, -0.2) is 0 Å². The number of rotatable bonds is 9. The fraction of sp³-hybridized carbons (Fsp3) is 0.379. The van der Waals surface area contributed by atoms with Crippen LogP contribution in [0.25, 0.3) is 11.1 Å². The third-order valence-corrected chi connectivity index (χ3v) is 5.49. The largest absolute Gasteiger partial charge is 0.490 e. The summed E-state index contributed by atoms with van der Waals surface area (Å²) in [6.07, 6.45) is 2.28. The molecule has 0 aliphatic heterocycles. The molecular formula is C29H36O2. The van der Waals surface area contributed by atoms with E-state index in [4.69, 9.17) is 9.47 Å². The minimum Gasteiger partial charge on any atom is -0.490 e. The SMILES string of the molecule is CCC(CC(C)(C)C)c1ccc(OCC(C)Oc2ccccc2-c2ccccc2)cc1. The summed E-state index contributed by atoms with van der Waals surface area (Å²) < 4.78 is 12.3. The first-order valence-electron chi connectivity index (χ1n) is 11.4. The Hall–Kier alpha value is -2.74. The summed E-state index contributed by atoms with van der Waals surface area (Å²) in [4.78, 5) is 0. The molecule has 31 heavy (non-hydrogen) atoms. The lowest BCUT2D eigenvalue weighted by Gasteiger charge is -2.25. The van der Waals surface area contributed by atoms with Gasteiger partial charge in [-0.05, 0) is 60.4 Å². The van der Waals surface area contributed by atoms with Crippen molar-refractivity contribution in [2.75, 3.05) is 6.61 Å². The van der Waals surface area contributed by atoms with Crippen LogP contribution < -0.4 is 9.47 Å². The van der Waals surface area contributed by atoms with Crippen LogP contribution in [0.2, 0.25) is 0 Å². The van der Waals surface area contributed by atoms with Gasteiger partial charge in [0.2, 0.25) is 0 Å².